The summed E-state index contributed by atoms with van der Waals surface area (Å²) >= 11 is 0. The van der Waals surface area contributed by atoms with Crippen molar-refractivity contribution in [3.63, 3.8) is 0 Å². The van der Waals surface area contributed by atoms with Crippen LogP contribution in [0, 0.1) is 0 Å². The van der Waals surface area contributed by atoms with Crippen LogP contribution in [-0.2, 0) is 16.2 Å². The quantitative estimate of drug-likeness (QED) is 0.649. The molecule has 1 fully saturated rings. The Balaban J connectivity index is 1.82. The second-order valence-electron chi connectivity index (χ2n) is 7.06. The maximum Gasteiger partial charge on any atom is 0.416 e. The van der Waals surface area contributed by atoms with Gasteiger partial charge in [-0.25, -0.2) is 8.42 Å². The second kappa shape index (κ2) is 7.81. The van der Waals surface area contributed by atoms with Gasteiger partial charge in [-0.15, -0.1) is 0 Å². The smallest absolute Gasteiger partial charge is 0.368 e. The minimum Gasteiger partial charge on any atom is -0.368 e. The molecule has 1 aliphatic rings. The Bertz CT molecular complexity index is 1170. The Labute approximate surface area is 172 Å². The summed E-state index contributed by atoms with van der Waals surface area (Å²) in [7, 11) is -4.16. The van der Waals surface area contributed by atoms with Crippen LogP contribution in [-0.4, -0.2) is 34.6 Å². The van der Waals surface area contributed by atoms with Gasteiger partial charge in [-0.3, -0.25) is 4.72 Å². The molecule has 0 aliphatic carbocycles. The summed E-state index contributed by atoms with van der Waals surface area (Å²) in [6.45, 7) is 2.69. The molecule has 0 amide bonds. The first kappa shape index (κ1) is 20.5. The van der Waals surface area contributed by atoms with Gasteiger partial charge >= 0.3 is 6.18 Å². The minimum atomic E-state index is -4.56. The average molecular weight is 435 g/mol. The Morgan fingerprint density at radius 1 is 0.933 bits per heavy atom. The first-order valence-corrected chi connectivity index (χ1v) is 10.9. The fourth-order valence-corrected chi connectivity index (χ4v) is 5.12. The molecule has 1 heterocycles. The fourth-order valence-electron chi connectivity index (χ4n) is 3.63. The first-order valence-electron chi connectivity index (χ1n) is 9.43. The monoisotopic (exact) mass is 435 g/mol. The standard InChI is InChI=1S/C21H20F3N3O2S/c22-21(23,24)16-5-3-6-17(14-16)26-30(28,29)20-18-7-2-1-4-15(18)8-9-19(20)27-12-10-25-11-13-27/h1-9,14,25-26H,10-13H2. The highest BCUT2D eigenvalue weighted by Crippen LogP contribution is 2.35. The summed E-state index contributed by atoms with van der Waals surface area (Å²) < 4.78 is 68.3. The number of halogens is 3. The number of hydrogen-bond donors (Lipinski definition) is 2. The van der Waals surface area contributed by atoms with E-state index in [0.29, 0.717) is 37.3 Å². The number of anilines is 2. The Hall–Kier alpha value is -2.78. The third-order valence-corrected chi connectivity index (χ3v) is 6.50. The molecule has 1 saturated heterocycles. The molecule has 2 N–H and O–H groups in total. The lowest BCUT2D eigenvalue weighted by atomic mass is 10.1. The van der Waals surface area contributed by atoms with Crippen molar-refractivity contribution in [1.29, 1.82) is 0 Å². The van der Waals surface area contributed by atoms with E-state index >= 15 is 0 Å². The van der Waals surface area contributed by atoms with E-state index in [2.05, 4.69) is 10.0 Å². The molecule has 0 aromatic heterocycles. The third-order valence-electron chi connectivity index (χ3n) is 5.03. The summed E-state index contributed by atoms with van der Waals surface area (Å²) in [5, 5.41) is 4.48. The molecular formula is C21H20F3N3O2S. The van der Waals surface area contributed by atoms with Crippen molar-refractivity contribution in [3.05, 3.63) is 66.2 Å². The molecule has 3 aromatic rings. The van der Waals surface area contributed by atoms with Crippen molar-refractivity contribution in [3.8, 4) is 0 Å². The molecule has 158 valence electrons. The van der Waals surface area contributed by atoms with Crippen LogP contribution >= 0.6 is 0 Å². The van der Waals surface area contributed by atoms with Gasteiger partial charge in [0.15, 0.2) is 0 Å². The highest BCUT2D eigenvalue weighted by Gasteiger charge is 2.31. The molecule has 0 atom stereocenters. The van der Waals surface area contributed by atoms with E-state index in [1.54, 1.807) is 24.3 Å². The molecular weight excluding hydrogens is 415 g/mol. The molecule has 5 nitrogen and oxygen atoms in total. The normalized spacial score (nSPS) is 15.4. The third kappa shape index (κ3) is 4.08. The number of benzene rings is 3. The van der Waals surface area contributed by atoms with Crippen LogP contribution in [0.1, 0.15) is 5.56 Å². The lowest BCUT2D eigenvalue weighted by Gasteiger charge is -2.31. The summed E-state index contributed by atoms with van der Waals surface area (Å²) in [4.78, 5) is 2.05. The zero-order valence-electron chi connectivity index (χ0n) is 15.9. The maximum absolute atomic E-state index is 13.4. The van der Waals surface area contributed by atoms with Crippen molar-refractivity contribution in [1.82, 2.24) is 5.32 Å². The Morgan fingerprint density at radius 2 is 1.67 bits per heavy atom. The number of rotatable bonds is 4. The molecule has 0 spiro atoms. The van der Waals surface area contributed by atoms with Crippen LogP contribution in [0.25, 0.3) is 10.8 Å². The molecule has 1 aliphatic heterocycles. The highest BCUT2D eigenvalue weighted by atomic mass is 32.2. The van der Waals surface area contributed by atoms with Gasteiger partial charge in [0.1, 0.15) is 4.90 Å². The summed E-state index contributed by atoms with van der Waals surface area (Å²) in [6.07, 6.45) is -4.56. The number of sulfonamides is 1. The van der Waals surface area contributed by atoms with Crippen LogP contribution in [0.4, 0.5) is 24.5 Å². The molecule has 0 radical (unpaired) electrons. The van der Waals surface area contributed by atoms with Crippen molar-refractivity contribution in [2.75, 3.05) is 35.8 Å². The summed E-state index contributed by atoms with van der Waals surface area (Å²) in [6, 6.07) is 14.9. The van der Waals surface area contributed by atoms with E-state index in [0.717, 1.165) is 17.5 Å². The number of hydrogen-bond acceptors (Lipinski definition) is 4. The van der Waals surface area contributed by atoms with E-state index in [4.69, 9.17) is 0 Å². The molecule has 4 rings (SSSR count). The van der Waals surface area contributed by atoms with Crippen LogP contribution < -0.4 is 14.9 Å². The van der Waals surface area contributed by atoms with Gasteiger partial charge in [0.05, 0.1) is 11.3 Å². The van der Waals surface area contributed by atoms with Crippen molar-refractivity contribution in [2.45, 2.75) is 11.1 Å². The lowest BCUT2D eigenvalue weighted by molar-refractivity contribution is -0.137. The Kier molecular flexibility index (Phi) is 5.33. The number of fused-ring (bicyclic) bond motifs is 1. The van der Waals surface area contributed by atoms with Gasteiger partial charge in [-0.2, -0.15) is 13.2 Å². The predicted octanol–water partition coefficient (Wildman–Crippen LogP) is 4.07. The van der Waals surface area contributed by atoms with Crippen LogP contribution in [0.15, 0.2) is 65.6 Å². The first-order chi connectivity index (χ1) is 14.3. The minimum absolute atomic E-state index is 0.0694. The SMILES string of the molecule is O=S(=O)(Nc1cccc(C(F)(F)F)c1)c1c(N2CCNCC2)ccc2ccccc12. The molecule has 30 heavy (non-hydrogen) atoms. The van der Waals surface area contributed by atoms with Gasteiger partial charge in [0, 0.05) is 37.3 Å². The second-order valence-corrected chi connectivity index (χ2v) is 8.68. The van der Waals surface area contributed by atoms with Crippen LogP contribution in [0.5, 0.6) is 0 Å². The van der Waals surface area contributed by atoms with Crippen molar-refractivity contribution < 1.29 is 21.6 Å². The highest BCUT2D eigenvalue weighted by molar-refractivity contribution is 7.93. The predicted molar refractivity (Wildman–Crippen MR) is 111 cm³/mol. The largest absolute Gasteiger partial charge is 0.416 e. The maximum atomic E-state index is 13.4. The van der Waals surface area contributed by atoms with E-state index in [1.165, 1.54) is 12.1 Å². The summed E-state index contributed by atoms with van der Waals surface area (Å²) in [5.74, 6) is 0. The zero-order valence-corrected chi connectivity index (χ0v) is 16.7. The van der Waals surface area contributed by atoms with Crippen molar-refractivity contribution >= 4 is 32.2 Å². The number of nitrogens with zero attached hydrogens (tertiary/aromatic N) is 1. The van der Waals surface area contributed by atoms with Crippen LogP contribution in [0.2, 0.25) is 0 Å². The van der Waals surface area contributed by atoms with Gasteiger partial charge in [-0.1, -0.05) is 36.4 Å². The number of nitrogens with one attached hydrogen (secondary N) is 2. The summed E-state index contributed by atoms with van der Waals surface area (Å²) in [5.41, 5.74) is -0.512. The fraction of sp³-hybridized carbons (Fsp3) is 0.238. The molecule has 0 bridgehead atoms. The van der Waals surface area contributed by atoms with Gasteiger partial charge in [0.2, 0.25) is 0 Å². The van der Waals surface area contributed by atoms with Gasteiger partial charge in [0.25, 0.3) is 10.0 Å². The molecule has 0 saturated carbocycles. The number of alkyl halides is 3. The average Bonchev–Trinajstić information content (AvgIpc) is 2.73. The van der Waals surface area contributed by atoms with Gasteiger partial charge < -0.3 is 10.2 Å². The topological polar surface area (TPSA) is 61.4 Å². The molecule has 3 aromatic carbocycles. The molecule has 9 heteroatoms. The zero-order chi connectivity index (χ0) is 21.4. The Morgan fingerprint density at radius 3 is 2.40 bits per heavy atom. The van der Waals surface area contributed by atoms with Crippen LogP contribution in [0.3, 0.4) is 0 Å². The molecule has 0 unspecified atom stereocenters. The van der Waals surface area contributed by atoms with Gasteiger partial charge in [-0.05, 0) is 29.7 Å². The van der Waals surface area contributed by atoms with E-state index in [9.17, 15) is 21.6 Å². The number of piperazine rings is 1. The van der Waals surface area contributed by atoms with E-state index < -0.39 is 21.8 Å². The van der Waals surface area contributed by atoms with Crippen molar-refractivity contribution in [2.24, 2.45) is 0 Å². The van der Waals surface area contributed by atoms with E-state index in [-0.39, 0.29) is 10.6 Å². The lowest BCUT2D eigenvalue weighted by Crippen LogP contribution is -2.44. The van der Waals surface area contributed by atoms with E-state index in [1.807, 2.05) is 17.0 Å².